The number of halogens is 4. The third kappa shape index (κ3) is 5.06. The van der Waals surface area contributed by atoms with Crippen LogP contribution in [0.4, 0.5) is 17.6 Å². The second kappa shape index (κ2) is 4.94. The summed E-state index contributed by atoms with van der Waals surface area (Å²) >= 11 is 0. The molecule has 0 atom stereocenters. The lowest BCUT2D eigenvalue weighted by Crippen LogP contribution is -2.16. The molecule has 1 aromatic carbocycles. The molecular formula is C12H14F4O. The van der Waals surface area contributed by atoms with Crippen molar-refractivity contribution < 1.29 is 22.3 Å². The zero-order chi connectivity index (χ0) is 13.1. The van der Waals surface area contributed by atoms with Gasteiger partial charge in [0.2, 0.25) is 0 Å². The van der Waals surface area contributed by atoms with E-state index in [1.54, 1.807) is 0 Å². The van der Waals surface area contributed by atoms with Crippen LogP contribution in [0, 0.1) is 0 Å². The molecule has 0 heterocycles. The first-order chi connectivity index (χ1) is 7.68. The van der Waals surface area contributed by atoms with Gasteiger partial charge in [0.25, 0.3) is 0 Å². The van der Waals surface area contributed by atoms with E-state index < -0.39 is 17.4 Å². The zero-order valence-corrected chi connectivity index (χ0v) is 9.64. The lowest BCUT2D eigenvalue weighted by atomic mass is 10.1. The highest BCUT2D eigenvalue weighted by atomic mass is 19.4. The summed E-state index contributed by atoms with van der Waals surface area (Å²) in [6.07, 6.45) is -4.16. The minimum absolute atomic E-state index is 0.134. The first-order valence-corrected chi connectivity index (χ1v) is 5.17. The number of rotatable bonds is 4. The van der Waals surface area contributed by atoms with Crippen LogP contribution in [0.1, 0.15) is 25.8 Å². The zero-order valence-electron chi connectivity index (χ0n) is 9.64. The molecule has 0 aromatic heterocycles. The van der Waals surface area contributed by atoms with Gasteiger partial charge in [0.15, 0.2) is 0 Å². The van der Waals surface area contributed by atoms with Crippen molar-refractivity contribution >= 4 is 0 Å². The Hall–Kier alpha value is -1.26. The highest BCUT2D eigenvalue weighted by Crippen LogP contribution is 2.30. The number of hydrogen-bond acceptors (Lipinski definition) is 1. The number of ether oxygens (including phenoxy) is 1. The van der Waals surface area contributed by atoms with Crippen LogP contribution >= 0.6 is 0 Å². The van der Waals surface area contributed by atoms with Crippen LogP contribution in [0.15, 0.2) is 24.3 Å². The molecule has 1 nitrogen and oxygen atoms in total. The van der Waals surface area contributed by atoms with E-state index in [2.05, 4.69) is 0 Å². The Bertz CT molecular complexity index is 348. The molecule has 96 valence electrons. The van der Waals surface area contributed by atoms with E-state index in [0.717, 1.165) is 12.1 Å². The number of alkyl halides is 4. The summed E-state index contributed by atoms with van der Waals surface area (Å²) in [6.45, 7) is 2.97. The molecule has 0 spiro atoms. The summed E-state index contributed by atoms with van der Waals surface area (Å²) in [6, 6.07) is 4.34. The molecule has 1 rings (SSSR count). The van der Waals surface area contributed by atoms with Gasteiger partial charge in [0.05, 0.1) is 12.2 Å². The van der Waals surface area contributed by atoms with Crippen molar-refractivity contribution in [2.24, 2.45) is 0 Å². The highest BCUT2D eigenvalue weighted by molar-refractivity contribution is 5.28. The normalized spacial score (nSPS) is 12.6. The fourth-order valence-electron chi connectivity index (χ4n) is 1.15. The van der Waals surface area contributed by atoms with E-state index in [9.17, 15) is 17.6 Å². The molecule has 0 fully saturated rings. The smallest absolute Gasteiger partial charge is 0.416 e. The number of hydrogen-bond donors (Lipinski definition) is 0. The van der Waals surface area contributed by atoms with E-state index in [-0.39, 0.29) is 13.0 Å². The fraction of sp³-hybridized carbons (Fsp3) is 0.500. The van der Waals surface area contributed by atoms with Crippen LogP contribution in [-0.4, -0.2) is 12.3 Å². The Balaban J connectivity index is 2.52. The van der Waals surface area contributed by atoms with Crippen LogP contribution in [0.25, 0.3) is 0 Å². The van der Waals surface area contributed by atoms with E-state index >= 15 is 0 Å². The van der Waals surface area contributed by atoms with Gasteiger partial charge in [-0.3, -0.25) is 0 Å². The standard InChI is InChI=1S/C12H14F4O/c1-11(2,13)7-8-17-10-5-3-9(4-6-10)12(14,15)16/h3-6H,7-8H2,1-2H3. The van der Waals surface area contributed by atoms with E-state index in [1.807, 2.05) is 0 Å². The predicted molar refractivity (Wildman–Crippen MR) is 56.7 cm³/mol. The quantitative estimate of drug-likeness (QED) is 0.727. The maximum Gasteiger partial charge on any atom is 0.416 e. The van der Waals surface area contributed by atoms with Crippen molar-refractivity contribution in [2.45, 2.75) is 32.1 Å². The van der Waals surface area contributed by atoms with Crippen molar-refractivity contribution in [1.29, 1.82) is 0 Å². The Morgan fingerprint density at radius 1 is 1.00 bits per heavy atom. The minimum atomic E-state index is -4.35. The molecule has 0 aliphatic carbocycles. The predicted octanol–water partition coefficient (Wildman–Crippen LogP) is 4.22. The van der Waals surface area contributed by atoms with Gasteiger partial charge in [0.1, 0.15) is 11.4 Å². The van der Waals surface area contributed by atoms with Gasteiger partial charge in [-0.05, 0) is 38.1 Å². The lowest BCUT2D eigenvalue weighted by Gasteiger charge is -2.14. The van der Waals surface area contributed by atoms with Gasteiger partial charge in [0, 0.05) is 6.42 Å². The number of benzene rings is 1. The average Bonchev–Trinajstić information content (AvgIpc) is 2.15. The molecule has 0 N–H and O–H groups in total. The molecule has 0 saturated carbocycles. The molecule has 0 saturated heterocycles. The van der Waals surface area contributed by atoms with Crippen LogP contribution in [0.3, 0.4) is 0 Å². The second-order valence-corrected chi connectivity index (χ2v) is 4.34. The van der Waals surface area contributed by atoms with Crippen LogP contribution in [0.5, 0.6) is 5.75 Å². The molecule has 0 aliphatic rings. The summed E-state index contributed by atoms with van der Waals surface area (Å²) in [5.41, 5.74) is -2.07. The molecule has 17 heavy (non-hydrogen) atoms. The van der Waals surface area contributed by atoms with Crippen molar-refractivity contribution in [3.63, 3.8) is 0 Å². The summed E-state index contributed by atoms with van der Waals surface area (Å²) in [4.78, 5) is 0. The van der Waals surface area contributed by atoms with Crippen LogP contribution in [0.2, 0.25) is 0 Å². The molecule has 5 heteroatoms. The summed E-state index contributed by atoms with van der Waals surface area (Å²) in [5.74, 6) is 0.308. The molecule has 0 radical (unpaired) electrons. The maximum absolute atomic E-state index is 13.1. The summed E-state index contributed by atoms with van der Waals surface area (Å²) in [7, 11) is 0. The van der Waals surface area contributed by atoms with E-state index in [0.29, 0.717) is 5.75 Å². The van der Waals surface area contributed by atoms with Crippen molar-refractivity contribution in [2.75, 3.05) is 6.61 Å². The first kappa shape index (κ1) is 13.8. The fourth-order valence-corrected chi connectivity index (χ4v) is 1.15. The monoisotopic (exact) mass is 250 g/mol. The second-order valence-electron chi connectivity index (χ2n) is 4.34. The Morgan fingerprint density at radius 2 is 1.53 bits per heavy atom. The Kier molecular flexibility index (Phi) is 4.01. The maximum atomic E-state index is 13.1. The molecule has 0 unspecified atom stereocenters. The van der Waals surface area contributed by atoms with Gasteiger partial charge >= 0.3 is 6.18 Å². The van der Waals surface area contributed by atoms with Crippen molar-refractivity contribution in [1.82, 2.24) is 0 Å². The highest BCUT2D eigenvalue weighted by Gasteiger charge is 2.30. The third-order valence-electron chi connectivity index (χ3n) is 2.15. The third-order valence-corrected chi connectivity index (χ3v) is 2.15. The van der Waals surface area contributed by atoms with Crippen LogP contribution in [-0.2, 0) is 6.18 Å². The largest absolute Gasteiger partial charge is 0.493 e. The topological polar surface area (TPSA) is 9.23 Å². The summed E-state index contributed by atoms with van der Waals surface area (Å²) < 4.78 is 54.9. The van der Waals surface area contributed by atoms with Crippen molar-refractivity contribution in [3.05, 3.63) is 29.8 Å². The van der Waals surface area contributed by atoms with Gasteiger partial charge in [-0.1, -0.05) is 0 Å². The average molecular weight is 250 g/mol. The Labute approximate surface area is 97.4 Å². The molecular weight excluding hydrogens is 236 g/mol. The van der Waals surface area contributed by atoms with Gasteiger partial charge in [-0.15, -0.1) is 0 Å². The molecule has 0 aliphatic heterocycles. The van der Waals surface area contributed by atoms with Gasteiger partial charge in [-0.25, -0.2) is 4.39 Å². The summed E-state index contributed by atoms with van der Waals surface area (Å²) in [5, 5.41) is 0. The van der Waals surface area contributed by atoms with Crippen LogP contribution < -0.4 is 4.74 Å². The molecule has 0 amide bonds. The van der Waals surface area contributed by atoms with Crippen molar-refractivity contribution in [3.8, 4) is 5.75 Å². The SMILES string of the molecule is CC(C)(F)CCOc1ccc(C(F)(F)F)cc1. The lowest BCUT2D eigenvalue weighted by molar-refractivity contribution is -0.137. The molecule has 0 bridgehead atoms. The van der Waals surface area contributed by atoms with Gasteiger partial charge in [-0.2, -0.15) is 13.2 Å². The molecule has 1 aromatic rings. The van der Waals surface area contributed by atoms with Gasteiger partial charge < -0.3 is 4.74 Å². The van der Waals surface area contributed by atoms with E-state index in [4.69, 9.17) is 4.74 Å². The first-order valence-electron chi connectivity index (χ1n) is 5.17. The van der Waals surface area contributed by atoms with E-state index in [1.165, 1.54) is 26.0 Å². The minimum Gasteiger partial charge on any atom is -0.493 e. The Morgan fingerprint density at radius 3 is 1.94 bits per heavy atom.